The van der Waals surface area contributed by atoms with Crippen LogP contribution in [0.15, 0.2) is 42.6 Å². The zero-order valence-corrected chi connectivity index (χ0v) is 16.7. The number of nitrogens with zero attached hydrogens (tertiary/aromatic N) is 2. The van der Waals surface area contributed by atoms with Gasteiger partial charge in [0, 0.05) is 25.7 Å². The zero-order valence-electron chi connectivity index (χ0n) is 16.7. The fourth-order valence-corrected chi connectivity index (χ4v) is 3.53. The lowest BCUT2D eigenvalue weighted by Gasteiger charge is -2.32. The molecule has 1 aromatic carbocycles. The van der Waals surface area contributed by atoms with Crippen molar-refractivity contribution in [3.8, 4) is 5.75 Å². The zero-order chi connectivity index (χ0) is 19.2. The summed E-state index contributed by atoms with van der Waals surface area (Å²) in [6, 6.07) is 12.5. The summed E-state index contributed by atoms with van der Waals surface area (Å²) in [7, 11) is 0. The number of pyridine rings is 1. The van der Waals surface area contributed by atoms with Gasteiger partial charge in [-0.05, 0) is 36.1 Å². The van der Waals surface area contributed by atoms with Crippen LogP contribution in [0.1, 0.15) is 30.9 Å². The highest BCUT2D eigenvalue weighted by atomic mass is 16.5. The van der Waals surface area contributed by atoms with Crippen molar-refractivity contribution < 1.29 is 14.8 Å². The van der Waals surface area contributed by atoms with Crippen LogP contribution in [0.2, 0.25) is 0 Å². The number of aromatic amines is 1. The van der Waals surface area contributed by atoms with Gasteiger partial charge in [-0.3, -0.25) is 9.80 Å². The molecule has 27 heavy (non-hydrogen) atoms. The van der Waals surface area contributed by atoms with Crippen molar-refractivity contribution >= 4 is 5.82 Å². The monoisotopic (exact) mass is 370 g/mol. The summed E-state index contributed by atoms with van der Waals surface area (Å²) in [5.74, 6) is 2.45. The van der Waals surface area contributed by atoms with Crippen molar-refractivity contribution in [2.24, 2.45) is 0 Å². The van der Waals surface area contributed by atoms with Crippen LogP contribution in [0.4, 0.5) is 5.82 Å². The van der Waals surface area contributed by atoms with E-state index in [1.54, 1.807) is 0 Å². The van der Waals surface area contributed by atoms with Gasteiger partial charge in [0.25, 0.3) is 5.82 Å². The molecule has 0 bridgehead atoms. The average molecular weight is 371 g/mol. The molecule has 1 aliphatic rings. The molecule has 1 atom stereocenters. The molecule has 0 radical (unpaired) electrons. The Balaban J connectivity index is 1.47. The molecule has 0 amide bonds. The fraction of sp³-hybridized carbons (Fsp3) is 0.500. The van der Waals surface area contributed by atoms with Crippen molar-refractivity contribution in [3.05, 3.63) is 53.7 Å². The topological polar surface area (TPSA) is 50.1 Å². The van der Waals surface area contributed by atoms with E-state index in [2.05, 4.69) is 65.9 Å². The molecule has 3 rings (SSSR count). The van der Waals surface area contributed by atoms with Gasteiger partial charge in [-0.2, -0.15) is 0 Å². The summed E-state index contributed by atoms with van der Waals surface area (Å²) in [6.07, 6.45) is 1.47. The predicted molar refractivity (Wildman–Crippen MR) is 108 cm³/mol. The van der Waals surface area contributed by atoms with Gasteiger partial charge in [-0.15, -0.1) is 0 Å². The minimum absolute atomic E-state index is 0.329. The number of piperazine rings is 1. The standard InChI is InChI=1S/C22H31N3O2/c1-17(2)20-8-7-18(3)14-21(20)27-16-19(26)15-24-10-12-25(13-11-24)22-6-4-5-9-23-22/h4-9,14,17,19,26H,10-13,15-16H2,1-3H3/p+1/t19-/m1/s1. The molecule has 2 aromatic rings. The molecule has 1 saturated heterocycles. The Labute approximate surface area is 162 Å². The van der Waals surface area contributed by atoms with E-state index < -0.39 is 6.10 Å². The average Bonchev–Trinajstić information content (AvgIpc) is 2.67. The van der Waals surface area contributed by atoms with E-state index in [4.69, 9.17) is 4.74 Å². The number of aliphatic hydroxyl groups is 1. The normalized spacial score (nSPS) is 16.6. The number of hydrogen-bond donors (Lipinski definition) is 1. The molecule has 2 N–H and O–H groups in total. The maximum absolute atomic E-state index is 10.5. The lowest BCUT2D eigenvalue weighted by molar-refractivity contribution is -0.364. The van der Waals surface area contributed by atoms with E-state index >= 15 is 0 Å². The van der Waals surface area contributed by atoms with E-state index in [0.29, 0.717) is 19.1 Å². The Bertz CT molecular complexity index is 713. The molecule has 1 aliphatic heterocycles. The summed E-state index contributed by atoms with van der Waals surface area (Å²) < 4.78 is 5.98. The number of aryl methyl sites for hydroxylation is 1. The van der Waals surface area contributed by atoms with Crippen LogP contribution in [0.25, 0.3) is 0 Å². The Kier molecular flexibility index (Phi) is 6.69. The summed E-state index contributed by atoms with van der Waals surface area (Å²) in [4.78, 5) is 7.95. The smallest absolute Gasteiger partial charge is 0.274 e. The highest BCUT2D eigenvalue weighted by Crippen LogP contribution is 2.27. The lowest BCUT2D eigenvalue weighted by Crippen LogP contribution is -2.50. The summed E-state index contributed by atoms with van der Waals surface area (Å²) in [5, 5.41) is 10.5. The highest BCUT2D eigenvalue weighted by Gasteiger charge is 2.24. The van der Waals surface area contributed by atoms with Crippen molar-refractivity contribution in [2.75, 3.05) is 44.2 Å². The summed E-state index contributed by atoms with van der Waals surface area (Å²) in [6.45, 7) is 11.2. The van der Waals surface area contributed by atoms with Crippen LogP contribution >= 0.6 is 0 Å². The highest BCUT2D eigenvalue weighted by molar-refractivity contribution is 5.39. The van der Waals surface area contributed by atoms with Crippen molar-refractivity contribution in [1.82, 2.24) is 4.90 Å². The molecule has 1 aromatic heterocycles. The van der Waals surface area contributed by atoms with Gasteiger partial charge < -0.3 is 9.84 Å². The minimum atomic E-state index is -0.486. The molecule has 0 aliphatic carbocycles. The third-order valence-electron chi connectivity index (χ3n) is 5.10. The van der Waals surface area contributed by atoms with E-state index in [0.717, 1.165) is 37.7 Å². The quantitative estimate of drug-likeness (QED) is 0.814. The number of hydrogen-bond acceptors (Lipinski definition) is 4. The number of rotatable bonds is 7. The summed E-state index contributed by atoms with van der Waals surface area (Å²) in [5.41, 5.74) is 2.37. The van der Waals surface area contributed by atoms with Crippen molar-refractivity contribution in [2.45, 2.75) is 32.8 Å². The Morgan fingerprint density at radius 3 is 2.56 bits per heavy atom. The number of benzene rings is 1. The van der Waals surface area contributed by atoms with Crippen LogP contribution in [0.3, 0.4) is 0 Å². The minimum Gasteiger partial charge on any atom is -0.491 e. The third kappa shape index (κ3) is 5.44. The Hall–Kier alpha value is -2.11. The second-order valence-electron chi connectivity index (χ2n) is 7.70. The number of nitrogens with one attached hydrogen (secondary N) is 1. The molecule has 1 fully saturated rings. The molecule has 2 heterocycles. The predicted octanol–water partition coefficient (Wildman–Crippen LogP) is 2.49. The van der Waals surface area contributed by atoms with Gasteiger partial charge in [-0.1, -0.05) is 32.0 Å². The molecular formula is C22H32N3O2+. The second kappa shape index (κ2) is 9.20. The summed E-state index contributed by atoms with van der Waals surface area (Å²) >= 11 is 0. The molecule has 5 nitrogen and oxygen atoms in total. The number of H-pyrrole nitrogens is 1. The largest absolute Gasteiger partial charge is 0.491 e. The lowest BCUT2D eigenvalue weighted by atomic mass is 10.0. The first-order valence-electron chi connectivity index (χ1n) is 9.88. The van der Waals surface area contributed by atoms with E-state index in [-0.39, 0.29) is 0 Å². The molecule has 0 spiro atoms. The number of anilines is 1. The first-order valence-corrected chi connectivity index (χ1v) is 9.88. The number of ether oxygens (including phenoxy) is 1. The Morgan fingerprint density at radius 1 is 1.11 bits per heavy atom. The van der Waals surface area contributed by atoms with Crippen LogP contribution in [0, 0.1) is 6.92 Å². The van der Waals surface area contributed by atoms with Gasteiger partial charge in [0.05, 0.1) is 19.3 Å². The first-order chi connectivity index (χ1) is 13.0. The van der Waals surface area contributed by atoms with E-state index in [1.807, 2.05) is 12.3 Å². The number of β-amino-alcohol motifs (C(OH)–C–C–N with tert-alkyl or cyclic N) is 1. The van der Waals surface area contributed by atoms with Crippen LogP contribution in [-0.4, -0.2) is 55.4 Å². The Morgan fingerprint density at radius 2 is 1.89 bits per heavy atom. The van der Waals surface area contributed by atoms with Crippen molar-refractivity contribution in [1.29, 1.82) is 0 Å². The molecule has 146 valence electrons. The van der Waals surface area contributed by atoms with Gasteiger partial charge in [0.2, 0.25) is 0 Å². The van der Waals surface area contributed by atoms with Gasteiger partial charge >= 0.3 is 0 Å². The van der Waals surface area contributed by atoms with Crippen molar-refractivity contribution in [3.63, 3.8) is 0 Å². The van der Waals surface area contributed by atoms with Crippen LogP contribution in [-0.2, 0) is 0 Å². The van der Waals surface area contributed by atoms with Gasteiger partial charge in [0.1, 0.15) is 18.5 Å². The van der Waals surface area contributed by atoms with E-state index in [9.17, 15) is 5.11 Å². The maximum atomic E-state index is 10.5. The molecule has 0 unspecified atom stereocenters. The number of aliphatic hydroxyl groups excluding tert-OH is 1. The molecule has 0 saturated carbocycles. The fourth-order valence-electron chi connectivity index (χ4n) is 3.53. The van der Waals surface area contributed by atoms with Gasteiger partial charge in [-0.25, -0.2) is 4.98 Å². The maximum Gasteiger partial charge on any atom is 0.274 e. The van der Waals surface area contributed by atoms with E-state index in [1.165, 1.54) is 11.1 Å². The van der Waals surface area contributed by atoms with Crippen LogP contribution in [0.5, 0.6) is 5.75 Å². The number of aromatic nitrogens is 1. The second-order valence-corrected chi connectivity index (χ2v) is 7.70. The van der Waals surface area contributed by atoms with Crippen LogP contribution < -0.4 is 14.6 Å². The first kappa shape index (κ1) is 19.6. The third-order valence-corrected chi connectivity index (χ3v) is 5.10. The molecular weight excluding hydrogens is 338 g/mol. The SMILES string of the molecule is Cc1ccc(C(C)C)c(OC[C@H](O)CN2CCN(c3cccc[nH+]3)CC2)c1. The molecule has 5 heteroatoms. The van der Waals surface area contributed by atoms with Gasteiger partial charge in [0.15, 0.2) is 0 Å².